The lowest BCUT2D eigenvalue weighted by atomic mass is 9.84. The van der Waals surface area contributed by atoms with Crippen molar-refractivity contribution in [3.05, 3.63) is 58.7 Å². The third-order valence-electron chi connectivity index (χ3n) is 3.87. The van der Waals surface area contributed by atoms with Crippen LogP contribution in [0.5, 0.6) is 5.75 Å². The number of hydrogen-bond donors (Lipinski definition) is 1. The van der Waals surface area contributed by atoms with E-state index in [4.69, 9.17) is 10.00 Å². The molecule has 5 nitrogen and oxygen atoms in total. The minimum atomic E-state index is -0.498. The molecule has 2 aliphatic rings. The number of fused-ring (bicyclic) bond motifs is 1. The van der Waals surface area contributed by atoms with Gasteiger partial charge in [-0.2, -0.15) is 5.26 Å². The minimum absolute atomic E-state index is 0.132. The molecule has 1 heterocycles. The van der Waals surface area contributed by atoms with Gasteiger partial charge in [-0.1, -0.05) is 12.1 Å². The molecule has 0 amide bonds. The number of hydrogen-bond acceptors (Lipinski definition) is 5. The summed E-state index contributed by atoms with van der Waals surface area (Å²) < 4.78 is 5.86. The van der Waals surface area contributed by atoms with E-state index in [1.165, 1.54) is 0 Å². The highest BCUT2D eigenvalue weighted by atomic mass is 16.5. The molecule has 0 saturated heterocycles. The van der Waals surface area contributed by atoms with Crippen molar-refractivity contribution in [3.63, 3.8) is 0 Å². The molecule has 0 saturated carbocycles. The van der Waals surface area contributed by atoms with Crippen LogP contribution >= 0.6 is 0 Å². The summed E-state index contributed by atoms with van der Waals surface area (Å²) in [6.45, 7) is 5.61. The summed E-state index contributed by atoms with van der Waals surface area (Å²) in [5.41, 5.74) is 1.82. The van der Waals surface area contributed by atoms with Gasteiger partial charge < -0.3 is 14.7 Å². The zero-order chi connectivity index (χ0) is 16.7. The quantitative estimate of drug-likeness (QED) is 0.670. The second-order valence-corrected chi connectivity index (χ2v) is 5.72. The first-order valence-corrected chi connectivity index (χ1v) is 7.32. The van der Waals surface area contributed by atoms with Gasteiger partial charge in [-0.25, -0.2) is 0 Å². The van der Waals surface area contributed by atoms with Crippen LogP contribution < -0.4 is 9.64 Å². The normalized spacial score (nSPS) is 20.4. The van der Waals surface area contributed by atoms with Crippen molar-refractivity contribution < 1.29 is 14.6 Å². The van der Waals surface area contributed by atoms with E-state index in [9.17, 15) is 9.90 Å². The van der Waals surface area contributed by atoms with E-state index < -0.39 is 5.78 Å². The molecule has 0 atom stereocenters. The molecule has 0 fully saturated rings. The second-order valence-electron chi connectivity index (χ2n) is 5.72. The molecular weight excluding hydrogens is 292 g/mol. The van der Waals surface area contributed by atoms with E-state index in [1.807, 2.05) is 49.1 Å². The topological polar surface area (TPSA) is 73.6 Å². The Kier molecular flexibility index (Phi) is 3.45. The Labute approximate surface area is 134 Å². The van der Waals surface area contributed by atoms with Crippen molar-refractivity contribution in [1.29, 1.82) is 5.26 Å². The smallest absolute Gasteiger partial charge is 0.229 e. The summed E-state index contributed by atoms with van der Waals surface area (Å²) in [6.07, 6.45) is 1.62. The van der Waals surface area contributed by atoms with E-state index in [-0.39, 0.29) is 22.9 Å². The van der Waals surface area contributed by atoms with E-state index in [1.54, 1.807) is 13.0 Å². The van der Waals surface area contributed by atoms with Crippen LogP contribution in [0.4, 0.5) is 5.69 Å². The number of anilines is 1. The van der Waals surface area contributed by atoms with Crippen molar-refractivity contribution in [2.75, 3.05) is 4.90 Å². The fourth-order valence-corrected chi connectivity index (χ4v) is 2.77. The van der Waals surface area contributed by atoms with E-state index in [0.29, 0.717) is 11.5 Å². The molecule has 0 bridgehead atoms. The molecule has 1 aliphatic carbocycles. The number of rotatable bonds is 2. The van der Waals surface area contributed by atoms with Crippen molar-refractivity contribution in [2.45, 2.75) is 26.8 Å². The first-order valence-electron chi connectivity index (χ1n) is 7.32. The average molecular weight is 308 g/mol. The van der Waals surface area contributed by atoms with Crippen LogP contribution in [0.2, 0.25) is 0 Å². The third-order valence-corrected chi connectivity index (χ3v) is 3.87. The molecule has 1 aromatic rings. The van der Waals surface area contributed by atoms with Gasteiger partial charge in [0.1, 0.15) is 0 Å². The number of para-hydroxylation sites is 2. The number of aliphatic hydroxyl groups is 1. The number of ether oxygens (including phenoxy) is 1. The predicted octanol–water partition coefficient (Wildman–Crippen LogP) is 3.37. The molecule has 0 spiro atoms. The van der Waals surface area contributed by atoms with Gasteiger partial charge in [0, 0.05) is 23.3 Å². The molecule has 1 aromatic carbocycles. The maximum Gasteiger partial charge on any atom is 0.229 e. The zero-order valence-electron chi connectivity index (χ0n) is 13.1. The standard InChI is InChI=1S/C18H16N2O3/c1-10(2)20-13-6-4-5-7-14(13)23-15(20)8-12-16(11(3)9-19)18(22)17(12)21/h4-8,10,21H,1-3H3/b15-8-,16-11+. The highest BCUT2D eigenvalue weighted by Crippen LogP contribution is 2.42. The number of nitrogens with zero attached hydrogens (tertiary/aromatic N) is 2. The molecule has 23 heavy (non-hydrogen) atoms. The summed E-state index contributed by atoms with van der Waals surface area (Å²) >= 11 is 0. The van der Waals surface area contributed by atoms with Crippen molar-refractivity contribution in [1.82, 2.24) is 0 Å². The Morgan fingerprint density at radius 1 is 1.39 bits per heavy atom. The van der Waals surface area contributed by atoms with Gasteiger partial charge in [0.25, 0.3) is 0 Å². The lowest BCUT2D eigenvalue weighted by Gasteiger charge is -2.25. The van der Waals surface area contributed by atoms with Crippen LogP contribution in [0.15, 0.2) is 58.7 Å². The fourth-order valence-electron chi connectivity index (χ4n) is 2.77. The van der Waals surface area contributed by atoms with Gasteiger partial charge in [0.2, 0.25) is 11.7 Å². The lowest BCUT2D eigenvalue weighted by molar-refractivity contribution is -0.115. The maximum atomic E-state index is 11.8. The Morgan fingerprint density at radius 2 is 2.09 bits per heavy atom. The number of ketones is 1. The highest BCUT2D eigenvalue weighted by molar-refractivity contribution is 6.20. The summed E-state index contributed by atoms with van der Waals surface area (Å²) in [5, 5.41) is 18.9. The van der Waals surface area contributed by atoms with Crippen molar-refractivity contribution >= 4 is 11.5 Å². The number of nitriles is 1. The highest BCUT2D eigenvalue weighted by Gasteiger charge is 2.37. The molecule has 116 valence electrons. The van der Waals surface area contributed by atoms with Crippen LogP contribution in [0.3, 0.4) is 0 Å². The maximum absolute atomic E-state index is 11.8. The van der Waals surface area contributed by atoms with Crippen LogP contribution in [0.1, 0.15) is 20.8 Å². The number of Topliss-reactive ketones (excluding diaryl/α,β-unsaturated/α-hetero) is 1. The van der Waals surface area contributed by atoms with Crippen LogP contribution in [0.25, 0.3) is 0 Å². The van der Waals surface area contributed by atoms with Gasteiger partial charge in [-0.05, 0) is 32.9 Å². The molecule has 5 heteroatoms. The fraction of sp³-hybridized carbons (Fsp3) is 0.222. The van der Waals surface area contributed by atoms with Gasteiger partial charge in [0.15, 0.2) is 11.5 Å². The third kappa shape index (κ3) is 2.20. The van der Waals surface area contributed by atoms with E-state index in [0.717, 1.165) is 11.4 Å². The summed E-state index contributed by atoms with van der Waals surface area (Å²) in [6, 6.07) is 9.71. The first-order chi connectivity index (χ1) is 11.0. The molecule has 3 rings (SSSR count). The summed E-state index contributed by atoms with van der Waals surface area (Å²) in [5.74, 6) is 0.423. The van der Waals surface area contributed by atoms with Crippen molar-refractivity contribution in [2.24, 2.45) is 0 Å². The largest absolute Gasteiger partial charge is 0.504 e. The van der Waals surface area contributed by atoms with E-state index >= 15 is 0 Å². The average Bonchev–Trinajstić information content (AvgIpc) is 2.91. The monoisotopic (exact) mass is 308 g/mol. The number of benzene rings is 1. The summed E-state index contributed by atoms with van der Waals surface area (Å²) in [7, 11) is 0. The Morgan fingerprint density at radius 3 is 2.74 bits per heavy atom. The minimum Gasteiger partial charge on any atom is -0.504 e. The molecular formula is C18H16N2O3. The SMILES string of the molecule is C/C(C#N)=C1\C(=O)C(O)=C1/C=C1\Oc2ccccc2N1C(C)C. The predicted molar refractivity (Wildman–Crippen MR) is 85.7 cm³/mol. The second kappa shape index (κ2) is 5.33. The van der Waals surface area contributed by atoms with E-state index in [2.05, 4.69) is 0 Å². The van der Waals surface area contributed by atoms with Crippen LogP contribution in [-0.4, -0.2) is 16.9 Å². The molecule has 1 N–H and O–H groups in total. The van der Waals surface area contributed by atoms with Gasteiger partial charge in [-0.15, -0.1) is 0 Å². The summed E-state index contributed by atoms with van der Waals surface area (Å²) in [4.78, 5) is 13.8. The number of aliphatic hydroxyl groups excluding tert-OH is 1. The van der Waals surface area contributed by atoms with Gasteiger partial charge >= 0.3 is 0 Å². The lowest BCUT2D eigenvalue weighted by Crippen LogP contribution is -2.29. The number of carbonyl (C=O) groups is 1. The Hall–Kier alpha value is -3.00. The van der Waals surface area contributed by atoms with Gasteiger partial charge in [-0.3, -0.25) is 4.79 Å². The molecule has 0 radical (unpaired) electrons. The van der Waals surface area contributed by atoms with Crippen molar-refractivity contribution in [3.8, 4) is 11.8 Å². The Balaban J connectivity index is 2.08. The van der Waals surface area contributed by atoms with Crippen LogP contribution in [-0.2, 0) is 4.79 Å². The molecule has 0 unspecified atom stereocenters. The Bertz CT molecular complexity index is 838. The first kappa shape index (κ1) is 14.9. The number of allylic oxidation sites excluding steroid dienone is 4. The zero-order valence-corrected chi connectivity index (χ0v) is 13.1. The molecule has 0 aromatic heterocycles. The van der Waals surface area contributed by atoms with Crippen LogP contribution in [0, 0.1) is 11.3 Å². The molecule has 1 aliphatic heterocycles. The number of carbonyl (C=O) groups excluding carboxylic acids is 1. The van der Waals surface area contributed by atoms with Gasteiger partial charge in [0.05, 0.1) is 17.3 Å².